The van der Waals surface area contributed by atoms with Crippen LogP contribution in [0.2, 0.25) is 0 Å². The van der Waals surface area contributed by atoms with E-state index in [2.05, 4.69) is 12.1 Å². The first-order chi connectivity index (χ1) is 21.0. The number of benzene rings is 4. The number of fused-ring (bicyclic) bond motifs is 4. The van der Waals surface area contributed by atoms with Crippen LogP contribution in [-0.2, 0) is 27.8 Å². The molecule has 2 aliphatic rings. The molecule has 6 nitrogen and oxygen atoms in total. The predicted molar refractivity (Wildman–Crippen MR) is 166 cm³/mol. The molecule has 6 heteroatoms. The number of hydrogen-bond acceptors (Lipinski definition) is 6. The molecule has 2 aliphatic carbocycles. The molecule has 0 N–H and O–H groups in total. The number of esters is 2. The highest BCUT2D eigenvalue weighted by atomic mass is 16.5. The maximum atomic E-state index is 13.0. The molecule has 216 valence electrons. The van der Waals surface area contributed by atoms with Gasteiger partial charge in [0.15, 0.2) is 0 Å². The van der Waals surface area contributed by atoms with Crippen molar-refractivity contribution in [2.75, 3.05) is 14.2 Å². The lowest BCUT2D eigenvalue weighted by molar-refractivity contribution is -0.129. The lowest BCUT2D eigenvalue weighted by atomic mass is 9.76. The highest BCUT2D eigenvalue weighted by Crippen LogP contribution is 2.57. The Labute approximate surface area is 251 Å². The van der Waals surface area contributed by atoms with Crippen molar-refractivity contribution in [3.05, 3.63) is 130 Å². The van der Waals surface area contributed by atoms with Crippen LogP contribution in [0, 0.1) is 0 Å². The molecule has 0 aromatic heterocycles. The molecule has 4 aromatic carbocycles. The molecule has 0 bridgehead atoms. The maximum Gasteiger partial charge on any atom is 0.336 e. The second-order valence-electron chi connectivity index (χ2n) is 10.7. The Morgan fingerprint density at radius 3 is 1.42 bits per heavy atom. The largest absolute Gasteiger partial charge is 0.497 e. The van der Waals surface area contributed by atoms with Crippen molar-refractivity contribution in [2.45, 2.75) is 31.1 Å². The van der Waals surface area contributed by atoms with Gasteiger partial charge >= 0.3 is 11.9 Å². The van der Waals surface area contributed by atoms with Crippen LogP contribution in [0.1, 0.15) is 46.2 Å². The predicted octanol–water partition coefficient (Wildman–Crippen LogP) is 7.12. The van der Waals surface area contributed by atoms with Crippen molar-refractivity contribution in [2.24, 2.45) is 0 Å². The molecule has 0 amide bonds. The molecule has 43 heavy (non-hydrogen) atoms. The number of aryl methyl sites for hydroxylation is 2. The first kappa shape index (κ1) is 28.0. The van der Waals surface area contributed by atoms with Gasteiger partial charge in [0.25, 0.3) is 0 Å². The Hall–Kier alpha value is -5.10. The molecule has 0 unspecified atom stereocenters. The van der Waals surface area contributed by atoms with Gasteiger partial charge in [0, 0.05) is 28.7 Å². The van der Waals surface area contributed by atoms with Crippen LogP contribution in [0.15, 0.2) is 97.1 Å². The second kappa shape index (κ2) is 12.0. The van der Waals surface area contributed by atoms with Gasteiger partial charge < -0.3 is 18.9 Å². The smallest absolute Gasteiger partial charge is 0.336 e. The minimum absolute atomic E-state index is 0.405. The van der Waals surface area contributed by atoms with Crippen molar-refractivity contribution in [1.29, 1.82) is 0 Å². The Bertz CT molecular complexity index is 1580. The molecule has 0 atom stereocenters. The standard InChI is InChI=1S/C37H32O6/c1-40-29-15-9-25(10-16-29)13-19-33(38)42-31-7-3-5-27-21-23-37(35(27)31)24-22-28-6-4-8-32(36(28)37)43-34(39)20-14-26-11-17-30(41-2)18-12-26/h3-20H,21-24H2,1-2H3. The molecule has 6 rings (SSSR count). The number of carbonyl (C=O) groups excluding carboxylic acids is 2. The lowest BCUT2D eigenvalue weighted by Crippen LogP contribution is -2.24. The normalized spacial score (nSPS) is 16.8. The molecular formula is C37H32O6. The maximum absolute atomic E-state index is 13.0. The van der Waals surface area contributed by atoms with Crippen molar-refractivity contribution in [3.63, 3.8) is 0 Å². The summed E-state index contributed by atoms with van der Waals surface area (Å²) in [6.07, 6.45) is 9.72. The first-order valence-electron chi connectivity index (χ1n) is 14.3. The van der Waals surface area contributed by atoms with E-state index in [9.17, 15) is 9.59 Å². The average Bonchev–Trinajstić information content (AvgIpc) is 3.61. The third-order valence-electron chi connectivity index (χ3n) is 8.30. The molecular weight excluding hydrogens is 540 g/mol. The van der Waals surface area contributed by atoms with Crippen molar-refractivity contribution in [3.8, 4) is 23.0 Å². The first-order valence-corrected chi connectivity index (χ1v) is 14.3. The summed E-state index contributed by atoms with van der Waals surface area (Å²) in [5, 5.41) is 0. The van der Waals surface area contributed by atoms with Crippen LogP contribution in [0.25, 0.3) is 12.2 Å². The van der Waals surface area contributed by atoms with Gasteiger partial charge in [0.1, 0.15) is 23.0 Å². The summed E-state index contributed by atoms with van der Waals surface area (Å²) in [4.78, 5) is 26.0. The van der Waals surface area contributed by atoms with E-state index >= 15 is 0 Å². The minimum Gasteiger partial charge on any atom is -0.497 e. The summed E-state index contributed by atoms with van der Waals surface area (Å²) in [5.74, 6) is 1.70. The SMILES string of the molecule is COc1ccc(C=CC(=O)Oc2cccc3c2C2(CC3)CCc3cccc(OC(=O)C=Cc4ccc(OC)cc4)c32)cc1. The third kappa shape index (κ3) is 5.69. The fraction of sp³-hybridized carbons (Fsp3) is 0.189. The topological polar surface area (TPSA) is 71.1 Å². The quantitative estimate of drug-likeness (QED) is 0.127. The van der Waals surface area contributed by atoms with E-state index in [0.29, 0.717) is 11.5 Å². The van der Waals surface area contributed by atoms with Gasteiger partial charge in [-0.05, 0) is 96.5 Å². The second-order valence-corrected chi connectivity index (χ2v) is 10.7. The number of carbonyl (C=O) groups is 2. The summed E-state index contributed by atoms with van der Waals surface area (Å²) in [5.41, 5.74) is 5.65. The Balaban J connectivity index is 1.26. The Morgan fingerprint density at radius 2 is 1.02 bits per heavy atom. The summed E-state index contributed by atoms with van der Waals surface area (Å²) < 4.78 is 22.4. The molecule has 0 saturated heterocycles. The zero-order valence-corrected chi connectivity index (χ0v) is 24.2. The van der Waals surface area contributed by atoms with E-state index < -0.39 is 17.4 Å². The van der Waals surface area contributed by atoms with Crippen LogP contribution in [0.3, 0.4) is 0 Å². The molecule has 0 radical (unpaired) electrons. The Kier molecular flexibility index (Phi) is 7.84. The van der Waals surface area contributed by atoms with Crippen molar-refractivity contribution < 1.29 is 28.5 Å². The molecule has 0 heterocycles. The zero-order valence-electron chi connectivity index (χ0n) is 24.2. The van der Waals surface area contributed by atoms with E-state index in [1.807, 2.05) is 72.8 Å². The number of hydrogen-bond donors (Lipinski definition) is 0. The third-order valence-corrected chi connectivity index (χ3v) is 8.30. The van der Waals surface area contributed by atoms with Crippen LogP contribution in [0.5, 0.6) is 23.0 Å². The number of ether oxygens (including phenoxy) is 4. The molecule has 4 aromatic rings. The van der Waals surface area contributed by atoms with E-state index in [1.54, 1.807) is 26.4 Å². The Morgan fingerprint density at radius 1 is 0.605 bits per heavy atom. The van der Waals surface area contributed by atoms with Crippen molar-refractivity contribution in [1.82, 2.24) is 0 Å². The monoisotopic (exact) mass is 572 g/mol. The van der Waals surface area contributed by atoms with Gasteiger partial charge in [0.2, 0.25) is 0 Å². The van der Waals surface area contributed by atoms with Gasteiger partial charge in [-0.3, -0.25) is 0 Å². The number of rotatable bonds is 8. The summed E-state index contributed by atoms with van der Waals surface area (Å²) >= 11 is 0. The van der Waals surface area contributed by atoms with E-state index in [1.165, 1.54) is 12.2 Å². The molecule has 1 spiro atoms. The highest BCUT2D eigenvalue weighted by Gasteiger charge is 2.48. The van der Waals surface area contributed by atoms with E-state index in [0.717, 1.165) is 70.6 Å². The highest BCUT2D eigenvalue weighted by molar-refractivity contribution is 5.90. The fourth-order valence-electron chi connectivity index (χ4n) is 6.32. The van der Waals surface area contributed by atoms with E-state index in [4.69, 9.17) is 18.9 Å². The van der Waals surface area contributed by atoms with Crippen molar-refractivity contribution >= 4 is 24.1 Å². The average molecular weight is 573 g/mol. The van der Waals surface area contributed by atoms with Crippen LogP contribution < -0.4 is 18.9 Å². The van der Waals surface area contributed by atoms with E-state index in [-0.39, 0.29) is 0 Å². The molecule has 0 aliphatic heterocycles. The van der Waals surface area contributed by atoms with Crippen LogP contribution in [-0.4, -0.2) is 26.2 Å². The molecule has 0 fully saturated rings. The number of methoxy groups -OCH3 is 2. The summed E-state index contributed by atoms with van der Waals surface area (Å²) in [6.45, 7) is 0. The fourth-order valence-corrected chi connectivity index (χ4v) is 6.32. The van der Waals surface area contributed by atoms with Gasteiger partial charge in [-0.1, -0.05) is 48.5 Å². The van der Waals surface area contributed by atoms with Gasteiger partial charge in [-0.15, -0.1) is 0 Å². The summed E-state index contributed by atoms with van der Waals surface area (Å²) in [6, 6.07) is 26.6. The van der Waals surface area contributed by atoms with Crippen LogP contribution >= 0.6 is 0 Å². The van der Waals surface area contributed by atoms with Gasteiger partial charge in [-0.25, -0.2) is 9.59 Å². The van der Waals surface area contributed by atoms with Crippen LogP contribution in [0.4, 0.5) is 0 Å². The summed E-state index contributed by atoms with van der Waals surface area (Å²) in [7, 11) is 3.23. The molecule has 0 saturated carbocycles. The zero-order chi connectivity index (χ0) is 29.8. The lowest BCUT2D eigenvalue weighted by Gasteiger charge is -2.29. The minimum atomic E-state index is -0.451. The van der Waals surface area contributed by atoms with Gasteiger partial charge in [-0.2, -0.15) is 0 Å². The van der Waals surface area contributed by atoms with Gasteiger partial charge in [0.05, 0.1) is 14.2 Å².